The molecule has 0 atom stereocenters. The molecular weight excluding hydrogens is 399 g/mol. The minimum atomic E-state index is -1.05. The van der Waals surface area contributed by atoms with E-state index >= 15 is 0 Å². The van der Waals surface area contributed by atoms with Gasteiger partial charge in [0.15, 0.2) is 11.2 Å². The number of carbonyl (C=O) groups is 2. The molecule has 0 radical (unpaired) electrons. The van der Waals surface area contributed by atoms with E-state index < -0.39 is 5.60 Å². The van der Waals surface area contributed by atoms with Crippen LogP contribution in [0.25, 0.3) is 17.0 Å². The summed E-state index contributed by atoms with van der Waals surface area (Å²) in [6.07, 6.45) is 5.00. The number of carbonyl (C=O) groups excluding carboxylic acids is 2. The molecule has 5 rings (SSSR count). The zero-order valence-corrected chi connectivity index (χ0v) is 17.0. The van der Waals surface area contributed by atoms with Crippen molar-refractivity contribution in [2.24, 2.45) is 11.7 Å². The summed E-state index contributed by atoms with van der Waals surface area (Å²) < 4.78 is 21.9. The number of hydrogen-bond acceptors (Lipinski definition) is 5. The summed E-state index contributed by atoms with van der Waals surface area (Å²) >= 11 is 0. The zero-order valence-electron chi connectivity index (χ0n) is 17.0. The molecule has 0 bridgehead atoms. The van der Waals surface area contributed by atoms with E-state index in [-0.39, 0.29) is 23.4 Å². The van der Waals surface area contributed by atoms with Crippen molar-refractivity contribution < 1.29 is 18.7 Å². The van der Waals surface area contributed by atoms with Crippen molar-refractivity contribution in [3.05, 3.63) is 65.4 Å². The Morgan fingerprint density at radius 2 is 1.97 bits per heavy atom. The molecule has 7 nitrogen and oxygen atoms in total. The number of fused-ring (bicyclic) bond motifs is 1. The second-order valence-corrected chi connectivity index (χ2v) is 8.25. The van der Waals surface area contributed by atoms with Crippen LogP contribution < -0.4 is 5.73 Å². The zero-order chi connectivity index (χ0) is 21.8. The van der Waals surface area contributed by atoms with Crippen molar-refractivity contribution in [1.29, 1.82) is 0 Å². The number of pyridine rings is 1. The highest BCUT2D eigenvalue weighted by atomic mass is 19.1. The molecule has 1 spiro atoms. The number of Topliss-reactive ketones (excluding diaryl/α,β-unsaturated/α-hetero) is 1. The van der Waals surface area contributed by atoms with Gasteiger partial charge in [-0.1, -0.05) is 6.07 Å². The predicted octanol–water partition coefficient (Wildman–Crippen LogP) is 3.06. The van der Waals surface area contributed by atoms with Gasteiger partial charge in [-0.3, -0.25) is 9.59 Å². The van der Waals surface area contributed by atoms with Gasteiger partial charge in [0.25, 0.3) is 0 Å². The molecule has 0 saturated heterocycles. The third kappa shape index (κ3) is 3.10. The van der Waals surface area contributed by atoms with Crippen molar-refractivity contribution in [2.75, 3.05) is 0 Å². The fourth-order valence-electron chi connectivity index (χ4n) is 4.54. The number of rotatable bonds is 3. The number of ether oxygens (including phenoxy) is 1. The van der Waals surface area contributed by atoms with Crippen LogP contribution in [0.2, 0.25) is 0 Å². The van der Waals surface area contributed by atoms with Crippen LogP contribution in [-0.2, 0) is 14.3 Å². The van der Waals surface area contributed by atoms with Gasteiger partial charge in [0.05, 0.1) is 5.57 Å². The summed E-state index contributed by atoms with van der Waals surface area (Å²) in [6.45, 7) is 1.66. The Morgan fingerprint density at radius 3 is 2.68 bits per heavy atom. The fraction of sp³-hybridized carbons (Fsp3) is 0.304. The molecule has 3 aromatic rings. The van der Waals surface area contributed by atoms with Crippen molar-refractivity contribution in [3.8, 4) is 0 Å². The van der Waals surface area contributed by atoms with Crippen LogP contribution in [0.1, 0.15) is 42.4 Å². The summed E-state index contributed by atoms with van der Waals surface area (Å²) in [6, 6.07) is 8.25. The molecule has 1 saturated carbocycles. The average molecular weight is 420 g/mol. The maximum absolute atomic E-state index is 13.9. The summed E-state index contributed by atoms with van der Waals surface area (Å²) in [5.74, 6) is -0.646. The maximum atomic E-state index is 13.9. The van der Waals surface area contributed by atoms with Crippen LogP contribution in [0.3, 0.4) is 0 Å². The van der Waals surface area contributed by atoms with Gasteiger partial charge in [0.1, 0.15) is 17.9 Å². The van der Waals surface area contributed by atoms with E-state index in [9.17, 15) is 14.0 Å². The summed E-state index contributed by atoms with van der Waals surface area (Å²) in [5.41, 5.74) is 7.24. The lowest BCUT2D eigenvalue weighted by atomic mass is 9.75. The van der Waals surface area contributed by atoms with Crippen LogP contribution in [-0.4, -0.2) is 31.9 Å². The van der Waals surface area contributed by atoms with Gasteiger partial charge in [-0.25, -0.2) is 13.9 Å². The Hall–Kier alpha value is -3.55. The average Bonchev–Trinajstić information content (AvgIpc) is 3.33. The van der Waals surface area contributed by atoms with Gasteiger partial charge in [-0.15, -0.1) is 0 Å². The second-order valence-electron chi connectivity index (χ2n) is 8.25. The lowest BCUT2D eigenvalue weighted by molar-refractivity contribution is -0.135. The highest BCUT2D eigenvalue weighted by Gasteiger charge is 2.52. The van der Waals surface area contributed by atoms with Crippen molar-refractivity contribution >= 4 is 28.7 Å². The number of amides is 1. The summed E-state index contributed by atoms with van der Waals surface area (Å²) in [5, 5.41) is 4.17. The molecular formula is C23H21FN4O3. The molecule has 1 fully saturated rings. The molecule has 2 aromatic heterocycles. The molecule has 31 heavy (non-hydrogen) atoms. The lowest BCUT2D eigenvalue weighted by Crippen LogP contribution is -2.43. The van der Waals surface area contributed by atoms with Gasteiger partial charge < -0.3 is 10.5 Å². The van der Waals surface area contributed by atoms with E-state index in [2.05, 4.69) is 10.1 Å². The molecule has 1 aromatic carbocycles. The van der Waals surface area contributed by atoms with Crippen molar-refractivity contribution in [3.63, 3.8) is 0 Å². The maximum Gasteiger partial charge on any atom is 0.220 e. The normalized spacial score (nSPS) is 23.5. The first-order chi connectivity index (χ1) is 14.9. The number of primary amides is 1. The number of ketones is 1. The number of aryl methyl sites for hydroxylation is 1. The number of benzene rings is 1. The molecule has 1 amide bonds. The first-order valence-electron chi connectivity index (χ1n) is 10.2. The standard InChI is InChI=1S/C23H21FN4O3/c1-13-10-15(2-4-17(13)24)19-20(16-3-5-18-26-12-27-28(18)11-16)31-23(21(19)29)8-6-14(7-9-23)22(25)30/h2-5,10-12,14H,6-9H2,1H3,(H2,25,30). The fourth-order valence-corrected chi connectivity index (χ4v) is 4.54. The molecule has 0 unspecified atom stereocenters. The molecule has 8 heteroatoms. The Kier molecular flexibility index (Phi) is 4.39. The van der Waals surface area contributed by atoms with Gasteiger partial charge in [-0.05, 0) is 68.0 Å². The largest absolute Gasteiger partial charge is 0.478 e. The van der Waals surface area contributed by atoms with E-state index in [0.29, 0.717) is 59.4 Å². The summed E-state index contributed by atoms with van der Waals surface area (Å²) in [4.78, 5) is 29.5. The van der Waals surface area contributed by atoms with Crippen molar-refractivity contribution in [1.82, 2.24) is 14.6 Å². The van der Waals surface area contributed by atoms with Gasteiger partial charge >= 0.3 is 0 Å². The second kappa shape index (κ2) is 7.01. The Labute approximate surface area is 177 Å². The third-order valence-electron chi connectivity index (χ3n) is 6.34. The first-order valence-corrected chi connectivity index (χ1v) is 10.2. The van der Waals surface area contributed by atoms with E-state index in [4.69, 9.17) is 10.5 Å². The number of aromatic nitrogens is 3. The smallest absolute Gasteiger partial charge is 0.220 e. The Morgan fingerprint density at radius 1 is 1.23 bits per heavy atom. The van der Waals surface area contributed by atoms with E-state index in [1.807, 2.05) is 6.07 Å². The molecule has 1 aliphatic heterocycles. The topological polar surface area (TPSA) is 99.6 Å². The SMILES string of the molecule is Cc1cc(C2=C(c3ccc4ncnn4c3)OC3(CCC(C(N)=O)CC3)C2=O)ccc1F. The monoisotopic (exact) mass is 420 g/mol. The van der Waals surface area contributed by atoms with Gasteiger partial charge in [0.2, 0.25) is 11.7 Å². The minimum absolute atomic E-state index is 0.143. The van der Waals surface area contributed by atoms with E-state index in [1.165, 1.54) is 12.4 Å². The van der Waals surface area contributed by atoms with Crippen LogP contribution >= 0.6 is 0 Å². The highest BCUT2D eigenvalue weighted by molar-refractivity contribution is 6.33. The number of halogens is 1. The highest BCUT2D eigenvalue weighted by Crippen LogP contribution is 2.48. The molecule has 158 valence electrons. The quantitative estimate of drug-likeness (QED) is 0.702. The van der Waals surface area contributed by atoms with Crippen LogP contribution in [0.15, 0.2) is 42.9 Å². The van der Waals surface area contributed by atoms with Gasteiger partial charge in [0, 0.05) is 17.7 Å². The predicted molar refractivity (Wildman–Crippen MR) is 111 cm³/mol. The number of hydrogen-bond donors (Lipinski definition) is 1. The molecule has 2 aliphatic rings. The molecule has 3 heterocycles. The van der Waals surface area contributed by atoms with Crippen LogP contribution in [0, 0.1) is 18.7 Å². The van der Waals surface area contributed by atoms with E-state index in [1.54, 1.807) is 35.8 Å². The minimum Gasteiger partial charge on any atom is -0.478 e. The lowest BCUT2D eigenvalue weighted by Gasteiger charge is -2.34. The summed E-state index contributed by atoms with van der Waals surface area (Å²) in [7, 11) is 0. The number of nitrogens with zero attached hydrogens (tertiary/aromatic N) is 3. The third-order valence-corrected chi connectivity index (χ3v) is 6.34. The number of nitrogens with two attached hydrogens (primary N) is 1. The van der Waals surface area contributed by atoms with Crippen molar-refractivity contribution in [2.45, 2.75) is 38.2 Å². The molecule has 1 aliphatic carbocycles. The Bertz CT molecular complexity index is 1250. The first kappa shape index (κ1) is 19.4. The van der Waals surface area contributed by atoms with Gasteiger partial charge in [-0.2, -0.15) is 5.10 Å². The molecule has 2 N–H and O–H groups in total. The van der Waals surface area contributed by atoms with E-state index in [0.717, 1.165) is 0 Å². The Balaban J connectivity index is 1.62. The van der Waals surface area contributed by atoms with Crippen LogP contribution in [0.5, 0.6) is 0 Å². The van der Waals surface area contributed by atoms with Crippen LogP contribution in [0.4, 0.5) is 4.39 Å².